The fourth-order valence-corrected chi connectivity index (χ4v) is 4.71. The van der Waals surface area contributed by atoms with Crippen LogP contribution in [0.3, 0.4) is 0 Å². The van der Waals surface area contributed by atoms with Crippen molar-refractivity contribution in [2.24, 2.45) is 0 Å². The second kappa shape index (κ2) is 7.08. The number of fused-ring (bicyclic) bond motifs is 1. The quantitative estimate of drug-likeness (QED) is 0.678. The predicted molar refractivity (Wildman–Crippen MR) is 108 cm³/mol. The van der Waals surface area contributed by atoms with Crippen LogP contribution in [-0.2, 0) is 15.6 Å². The van der Waals surface area contributed by atoms with Gasteiger partial charge in [0.05, 0.1) is 13.4 Å². The highest BCUT2D eigenvalue weighted by Gasteiger charge is 2.38. The second-order valence-electron chi connectivity index (χ2n) is 7.34. The van der Waals surface area contributed by atoms with Gasteiger partial charge in [-0.05, 0) is 48.7 Å². The van der Waals surface area contributed by atoms with Gasteiger partial charge in [-0.25, -0.2) is 22.1 Å². The summed E-state index contributed by atoms with van der Waals surface area (Å²) in [6.07, 6.45) is 3.32. The number of benzene rings is 1. The minimum Gasteiger partial charge on any atom is -0.496 e. The SMILES string of the molecule is COc1ccc(F)cc1-c1ccnc2[nH]c(C3(O)CCN(S(C)(=O)=O)CC3)cc12. The van der Waals surface area contributed by atoms with Crippen molar-refractivity contribution in [3.63, 3.8) is 0 Å². The number of hydrogen-bond donors (Lipinski definition) is 2. The number of halogens is 1. The number of methoxy groups -OCH3 is 1. The van der Waals surface area contributed by atoms with E-state index in [9.17, 15) is 17.9 Å². The van der Waals surface area contributed by atoms with E-state index in [0.717, 1.165) is 10.9 Å². The van der Waals surface area contributed by atoms with E-state index in [1.165, 1.54) is 29.8 Å². The Labute approximate surface area is 168 Å². The zero-order valence-corrected chi connectivity index (χ0v) is 17.0. The van der Waals surface area contributed by atoms with Crippen LogP contribution in [0.1, 0.15) is 18.5 Å². The number of pyridine rings is 1. The fraction of sp³-hybridized carbons (Fsp3) is 0.350. The van der Waals surface area contributed by atoms with E-state index < -0.39 is 15.6 Å². The van der Waals surface area contributed by atoms with Crippen molar-refractivity contribution in [1.82, 2.24) is 14.3 Å². The fourth-order valence-electron chi connectivity index (χ4n) is 3.86. The van der Waals surface area contributed by atoms with Crippen LogP contribution in [0.2, 0.25) is 0 Å². The largest absolute Gasteiger partial charge is 0.496 e. The van der Waals surface area contributed by atoms with E-state index in [1.807, 2.05) is 0 Å². The number of ether oxygens (including phenoxy) is 1. The highest BCUT2D eigenvalue weighted by Crippen LogP contribution is 2.39. The van der Waals surface area contributed by atoms with Gasteiger partial charge in [0.25, 0.3) is 0 Å². The van der Waals surface area contributed by atoms with Crippen molar-refractivity contribution in [2.75, 3.05) is 26.5 Å². The summed E-state index contributed by atoms with van der Waals surface area (Å²) in [5.41, 5.74) is 1.25. The minimum atomic E-state index is -3.29. The van der Waals surface area contributed by atoms with Crippen molar-refractivity contribution in [3.05, 3.63) is 48.0 Å². The zero-order chi connectivity index (χ0) is 20.8. The molecule has 7 nitrogen and oxygen atoms in total. The first-order chi connectivity index (χ1) is 13.7. The number of piperidine rings is 1. The molecule has 1 aliphatic rings. The Morgan fingerprint density at radius 1 is 1.21 bits per heavy atom. The minimum absolute atomic E-state index is 0.239. The molecule has 0 aliphatic carbocycles. The summed E-state index contributed by atoms with van der Waals surface area (Å²) in [4.78, 5) is 7.50. The maximum atomic E-state index is 13.9. The number of aromatic amines is 1. The maximum Gasteiger partial charge on any atom is 0.211 e. The molecule has 0 atom stereocenters. The van der Waals surface area contributed by atoms with Crippen molar-refractivity contribution in [2.45, 2.75) is 18.4 Å². The molecule has 0 spiro atoms. The lowest BCUT2D eigenvalue weighted by Gasteiger charge is -2.36. The first kappa shape index (κ1) is 19.8. The number of nitrogens with zero attached hydrogens (tertiary/aromatic N) is 2. The average molecular weight is 419 g/mol. The highest BCUT2D eigenvalue weighted by atomic mass is 32.2. The topological polar surface area (TPSA) is 95.5 Å². The van der Waals surface area contributed by atoms with E-state index in [-0.39, 0.29) is 31.7 Å². The number of sulfonamides is 1. The lowest BCUT2D eigenvalue weighted by molar-refractivity contribution is -0.0127. The molecule has 3 aromatic rings. The number of nitrogens with one attached hydrogen (secondary N) is 1. The Balaban J connectivity index is 1.75. The molecule has 9 heteroatoms. The smallest absolute Gasteiger partial charge is 0.211 e. The predicted octanol–water partition coefficient (Wildman–Crippen LogP) is 2.62. The molecule has 1 aromatic carbocycles. The summed E-state index contributed by atoms with van der Waals surface area (Å²) >= 11 is 0. The molecule has 2 N–H and O–H groups in total. The third-order valence-corrected chi connectivity index (χ3v) is 6.81. The summed E-state index contributed by atoms with van der Waals surface area (Å²) in [7, 11) is -1.76. The summed E-state index contributed by atoms with van der Waals surface area (Å²) in [5.74, 6) is 0.148. The third kappa shape index (κ3) is 3.61. The number of H-pyrrole nitrogens is 1. The Morgan fingerprint density at radius 2 is 1.93 bits per heavy atom. The average Bonchev–Trinajstić information content (AvgIpc) is 3.13. The van der Waals surface area contributed by atoms with Gasteiger partial charge in [0, 0.05) is 35.9 Å². The van der Waals surface area contributed by atoms with Gasteiger partial charge in [0.2, 0.25) is 10.0 Å². The van der Waals surface area contributed by atoms with Crippen LogP contribution in [0, 0.1) is 5.82 Å². The molecule has 154 valence electrons. The van der Waals surface area contributed by atoms with Gasteiger partial charge >= 0.3 is 0 Å². The molecule has 1 aliphatic heterocycles. The van der Waals surface area contributed by atoms with E-state index in [4.69, 9.17) is 4.74 Å². The van der Waals surface area contributed by atoms with Crippen LogP contribution in [0.4, 0.5) is 4.39 Å². The van der Waals surface area contributed by atoms with Crippen LogP contribution in [-0.4, -0.2) is 54.3 Å². The van der Waals surface area contributed by atoms with E-state index in [0.29, 0.717) is 22.7 Å². The van der Waals surface area contributed by atoms with E-state index in [1.54, 1.807) is 24.4 Å². The van der Waals surface area contributed by atoms with Crippen LogP contribution in [0.25, 0.3) is 22.2 Å². The van der Waals surface area contributed by atoms with Crippen LogP contribution < -0.4 is 4.74 Å². The van der Waals surface area contributed by atoms with Gasteiger partial charge in [-0.15, -0.1) is 0 Å². The van der Waals surface area contributed by atoms with Crippen molar-refractivity contribution in [3.8, 4) is 16.9 Å². The molecular formula is C20H22FN3O4S. The van der Waals surface area contributed by atoms with E-state index in [2.05, 4.69) is 9.97 Å². The summed E-state index contributed by atoms with van der Waals surface area (Å²) in [6, 6.07) is 7.88. The summed E-state index contributed by atoms with van der Waals surface area (Å²) < 4.78 is 44.1. The first-order valence-corrected chi connectivity index (χ1v) is 11.1. The summed E-state index contributed by atoms with van der Waals surface area (Å²) in [6.45, 7) is 0.478. The lowest BCUT2D eigenvalue weighted by atomic mass is 9.89. The Kier molecular flexibility index (Phi) is 4.84. The molecule has 1 saturated heterocycles. The third-order valence-electron chi connectivity index (χ3n) is 5.50. The maximum absolute atomic E-state index is 13.9. The molecule has 0 unspecified atom stereocenters. The van der Waals surface area contributed by atoms with E-state index >= 15 is 0 Å². The van der Waals surface area contributed by atoms with Gasteiger partial charge in [-0.1, -0.05) is 0 Å². The number of rotatable bonds is 4. The number of aliphatic hydroxyl groups is 1. The van der Waals surface area contributed by atoms with Gasteiger partial charge in [0.15, 0.2) is 0 Å². The molecule has 29 heavy (non-hydrogen) atoms. The summed E-state index contributed by atoms with van der Waals surface area (Å²) in [5, 5.41) is 11.9. The molecule has 0 saturated carbocycles. The van der Waals surface area contributed by atoms with Crippen LogP contribution in [0.15, 0.2) is 36.5 Å². The normalized spacial score (nSPS) is 17.5. The van der Waals surface area contributed by atoms with Crippen LogP contribution in [0.5, 0.6) is 5.75 Å². The van der Waals surface area contributed by atoms with Gasteiger partial charge in [-0.2, -0.15) is 0 Å². The van der Waals surface area contributed by atoms with Gasteiger partial charge in [-0.3, -0.25) is 0 Å². The second-order valence-corrected chi connectivity index (χ2v) is 9.32. The zero-order valence-electron chi connectivity index (χ0n) is 16.1. The Bertz CT molecular complexity index is 1170. The Morgan fingerprint density at radius 3 is 2.59 bits per heavy atom. The lowest BCUT2D eigenvalue weighted by Crippen LogP contribution is -2.44. The van der Waals surface area contributed by atoms with Crippen molar-refractivity contribution < 1.29 is 22.7 Å². The van der Waals surface area contributed by atoms with Gasteiger partial charge < -0.3 is 14.8 Å². The molecule has 4 rings (SSSR count). The molecule has 0 amide bonds. The number of hydrogen-bond acceptors (Lipinski definition) is 5. The molecule has 0 bridgehead atoms. The monoisotopic (exact) mass is 419 g/mol. The Hall–Kier alpha value is -2.49. The van der Waals surface area contributed by atoms with Crippen LogP contribution >= 0.6 is 0 Å². The standard InChI is InChI=1S/C20H22FN3O4S/c1-28-17-4-3-13(21)11-15(17)14-5-8-22-19-16(14)12-18(23-19)20(25)6-9-24(10-7-20)29(2,26)27/h3-5,8,11-12,25H,6-7,9-10H2,1-2H3,(H,22,23). The number of aromatic nitrogens is 2. The molecule has 1 fully saturated rings. The molecule has 2 aromatic heterocycles. The molecular weight excluding hydrogens is 397 g/mol. The first-order valence-electron chi connectivity index (χ1n) is 9.21. The molecule has 3 heterocycles. The van der Waals surface area contributed by atoms with Gasteiger partial charge in [0.1, 0.15) is 22.8 Å². The highest BCUT2D eigenvalue weighted by molar-refractivity contribution is 7.88. The van der Waals surface area contributed by atoms with Crippen molar-refractivity contribution >= 4 is 21.1 Å². The molecule has 0 radical (unpaired) electrons. The van der Waals surface area contributed by atoms with Crippen molar-refractivity contribution in [1.29, 1.82) is 0 Å².